The van der Waals surface area contributed by atoms with Crippen molar-refractivity contribution in [2.75, 3.05) is 12.9 Å². The number of aliphatic hydroxyl groups is 3. The van der Waals surface area contributed by atoms with Crippen molar-refractivity contribution in [3.8, 4) is 5.75 Å². The van der Waals surface area contributed by atoms with Crippen molar-refractivity contribution in [3.05, 3.63) is 64.7 Å². The number of hydrogen-bond acceptors (Lipinski definition) is 8. The van der Waals surface area contributed by atoms with Gasteiger partial charge in [-0.05, 0) is 67.8 Å². The molecular formula is C26H34N2O7S. The van der Waals surface area contributed by atoms with E-state index in [1.54, 1.807) is 18.4 Å². The van der Waals surface area contributed by atoms with Gasteiger partial charge in [-0.3, -0.25) is 9.59 Å². The van der Waals surface area contributed by atoms with Gasteiger partial charge in [0.15, 0.2) is 6.61 Å². The summed E-state index contributed by atoms with van der Waals surface area (Å²) in [5.41, 5.74) is 7.26. The first-order chi connectivity index (χ1) is 16.9. The van der Waals surface area contributed by atoms with Crippen molar-refractivity contribution in [1.29, 1.82) is 0 Å². The molecule has 0 aliphatic carbocycles. The summed E-state index contributed by atoms with van der Waals surface area (Å²) in [4.78, 5) is 23.4. The Labute approximate surface area is 215 Å². The number of rotatable bonds is 9. The molecule has 0 aromatic heterocycles. The smallest absolute Gasteiger partial charge is 0.258 e. The number of primary amides is 1. The second-order valence-corrected chi connectivity index (χ2v) is 10.4. The third-order valence-corrected chi connectivity index (χ3v) is 7.11. The van der Waals surface area contributed by atoms with Crippen molar-refractivity contribution in [2.24, 2.45) is 5.73 Å². The zero-order valence-electron chi connectivity index (χ0n) is 20.8. The molecule has 2 amide bonds. The highest BCUT2D eigenvalue weighted by Crippen LogP contribution is 2.36. The van der Waals surface area contributed by atoms with Crippen molar-refractivity contribution in [2.45, 2.75) is 62.6 Å². The summed E-state index contributed by atoms with van der Waals surface area (Å²) in [5, 5.41) is 33.4. The van der Waals surface area contributed by atoms with Crippen LogP contribution in [0.15, 0.2) is 42.5 Å². The minimum Gasteiger partial charge on any atom is -0.484 e. The van der Waals surface area contributed by atoms with Crippen LogP contribution in [0.5, 0.6) is 5.75 Å². The lowest BCUT2D eigenvalue weighted by atomic mass is 9.91. The molecule has 36 heavy (non-hydrogen) atoms. The van der Waals surface area contributed by atoms with Crippen LogP contribution in [0.2, 0.25) is 0 Å². The molecule has 1 saturated heterocycles. The van der Waals surface area contributed by atoms with Gasteiger partial charge < -0.3 is 35.8 Å². The largest absolute Gasteiger partial charge is 0.484 e. The van der Waals surface area contributed by atoms with Gasteiger partial charge in [0.05, 0.1) is 0 Å². The summed E-state index contributed by atoms with van der Waals surface area (Å²) in [6.45, 7) is 4.78. The topological polar surface area (TPSA) is 151 Å². The van der Waals surface area contributed by atoms with Crippen LogP contribution < -0.4 is 15.8 Å². The van der Waals surface area contributed by atoms with Crippen molar-refractivity contribution < 1.29 is 34.4 Å². The Bertz CT molecular complexity index is 1070. The molecule has 5 unspecified atom stereocenters. The SMILES string of the molecule is CSC1OC(c2ccc(C)c(Cc3ccc(OCC(=O)NC(C)(C)C(N)=O)cc3)c2)C(O)C(O)C1O. The zero-order chi connectivity index (χ0) is 26.6. The normalized spacial score (nSPS) is 24.2. The van der Waals surface area contributed by atoms with E-state index in [2.05, 4.69) is 5.32 Å². The molecule has 1 heterocycles. The van der Waals surface area contributed by atoms with Crippen LogP contribution in [-0.4, -0.2) is 69.3 Å². The number of nitrogens with two attached hydrogens (primary N) is 1. The number of ether oxygens (including phenoxy) is 2. The molecular weight excluding hydrogens is 484 g/mol. The fourth-order valence-corrected chi connectivity index (χ4v) is 4.57. The molecule has 5 atom stereocenters. The third-order valence-electron chi connectivity index (χ3n) is 6.26. The molecule has 196 valence electrons. The van der Waals surface area contributed by atoms with E-state index in [9.17, 15) is 24.9 Å². The van der Waals surface area contributed by atoms with Crippen LogP contribution in [0.1, 0.15) is 42.2 Å². The Balaban J connectivity index is 1.66. The maximum absolute atomic E-state index is 12.0. The molecule has 10 heteroatoms. The Hall–Kier alpha value is -2.63. The summed E-state index contributed by atoms with van der Waals surface area (Å²) in [7, 11) is 0. The lowest BCUT2D eigenvalue weighted by Gasteiger charge is -2.40. The van der Waals surface area contributed by atoms with E-state index in [1.807, 2.05) is 37.3 Å². The third kappa shape index (κ3) is 6.57. The highest BCUT2D eigenvalue weighted by atomic mass is 32.2. The van der Waals surface area contributed by atoms with E-state index in [4.69, 9.17) is 15.2 Å². The molecule has 0 spiro atoms. The molecule has 2 aromatic rings. The van der Waals surface area contributed by atoms with Gasteiger partial charge in [0, 0.05) is 0 Å². The minimum absolute atomic E-state index is 0.251. The number of carbonyl (C=O) groups excluding carboxylic acids is 2. The molecule has 9 nitrogen and oxygen atoms in total. The first-order valence-electron chi connectivity index (χ1n) is 11.6. The first-order valence-corrected chi connectivity index (χ1v) is 12.9. The van der Waals surface area contributed by atoms with Crippen molar-refractivity contribution in [3.63, 3.8) is 0 Å². The molecule has 0 bridgehead atoms. The number of carbonyl (C=O) groups is 2. The fraction of sp³-hybridized carbons (Fsp3) is 0.462. The first kappa shape index (κ1) is 27.9. The quantitative estimate of drug-likeness (QED) is 0.332. The predicted molar refractivity (Wildman–Crippen MR) is 136 cm³/mol. The van der Waals surface area contributed by atoms with Crippen LogP contribution in [0.25, 0.3) is 0 Å². The maximum atomic E-state index is 12.0. The van der Waals surface area contributed by atoms with Crippen LogP contribution >= 0.6 is 11.8 Å². The lowest BCUT2D eigenvalue weighted by Crippen LogP contribution is -2.54. The summed E-state index contributed by atoms with van der Waals surface area (Å²) in [6.07, 6.45) is -2.10. The molecule has 1 aliphatic heterocycles. The predicted octanol–water partition coefficient (Wildman–Crippen LogP) is 1.19. The number of nitrogens with one attached hydrogen (secondary N) is 1. The standard InChI is InChI=1S/C26H34N2O7S/c1-14-5-8-16(23-21(31)20(30)22(32)24(35-23)36-4)12-17(14)11-15-6-9-18(10-7-15)34-13-19(29)28-26(2,3)25(27)33/h5-10,12,20-24,30-32H,11,13H2,1-4H3,(H2,27,33)(H,28,29). The van der Waals surface area contributed by atoms with Gasteiger partial charge in [-0.2, -0.15) is 0 Å². The Morgan fingerprint density at radius 1 is 1.08 bits per heavy atom. The molecule has 6 N–H and O–H groups in total. The summed E-state index contributed by atoms with van der Waals surface area (Å²) >= 11 is 1.28. The molecule has 0 saturated carbocycles. The second kappa shape index (κ2) is 11.6. The maximum Gasteiger partial charge on any atom is 0.258 e. The van der Waals surface area contributed by atoms with Crippen LogP contribution in [0, 0.1) is 6.92 Å². The molecule has 3 rings (SSSR count). The average Bonchev–Trinajstić information content (AvgIpc) is 2.83. The van der Waals surface area contributed by atoms with Gasteiger partial charge in [-0.1, -0.05) is 30.3 Å². The van der Waals surface area contributed by atoms with Gasteiger partial charge in [-0.15, -0.1) is 11.8 Å². The van der Waals surface area contributed by atoms with E-state index < -0.39 is 47.2 Å². The zero-order valence-corrected chi connectivity index (χ0v) is 21.6. The number of benzene rings is 2. The number of aryl methyl sites for hydroxylation is 1. The van der Waals surface area contributed by atoms with E-state index in [0.29, 0.717) is 12.2 Å². The summed E-state index contributed by atoms with van der Waals surface area (Å²) < 4.78 is 11.4. The number of hydrogen-bond donors (Lipinski definition) is 5. The molecule has 1 fully saturated rings. The second-order valence-electron chi connectivity index (χ2n) is 9.47. The Morgan fingerprint density at radius 2 is 1.75 bits per heavy atom. The molecule has 2 aromatic carbocycles. The fourth-order valence-electron chi connectivity index (χ4n) is 3.90. The minimum atomic E-state index is -1.30. The van der Waals surface area contributed by atoms with Gasteiger partial charge in [-0.25, -0.2) is 0 Å². The van der Waals surface area contributed by atoms with Gasteiger partial charge in [0.2, 0.25) is 5.91 Å². The van der Waals surface area contributed by atoms with E-state index in [1.165, 1.54) is 25.6 Å². The Morgan fingerprint density at radius 3 is 2.36 bits per heavy atom. The van der Waals surface area contributed by atoms with Crippen LogP contribution in [-0.2, 0) is 20.7 Å². The van der Waals surface area contributed by atoms with E-state index >= 15 is 0 Å². The lowest BCUT2D eigenvalue weighted by molar-refractivity contribution is -0.200. The van der Waals surface area contributed by atoms with Crippen molar-refractivity contribution >= 4 is 23.6 Å². The average molecular weight is 519 g/mol. The Kier molecular flexibility index (Phi) is 9.02. The van der Waals surface area contributed by atoms with Gasteiger partial charge >= 0.3 is 0 Å². The van der Waals surface area contributed by atoms with Crippen LogP contribution in [0.4, 0.5) is 0 Å². The highest BCUT2D eigenvalue weighted by Gasteiger charge is 2.44. The molecule has 1 aliphatic rings. The highest BCUT2D eigenvalue weighted by molar-refractivity contribution is 7.99. The van der Waals surface area contributed by atoms with Crippen LogP contribution in [0.3, 0.4) is 0 Å². The van der Waals surface area contributed by atoms with E-state index in [0.717, 1.165) is 22.3 Å². The van der Waals surface area contributed by atoms with Gasteiger partial charge in [0.25, 0.3) is 5.91 Å². The monoisotopic (exact) mass is 518 g/mol. The summed E-state index contributed by atoms with van der Waals surface area (Å²) in [6, 6.07) is 13.0. The van der Waals surface area contributed by atoms with Gasteiger partial charge in [0.1, 0.15) is 41.1 Å². The van der Waals surface area contributed by atoms with E-state index in [-0.39, 0.29) is 6.61 Å². The number of thioether (sulfide) groups is 1. The summed E-state index contributed by atoms with van der Waals surface area (Å²) in [5.74, 6) is -0.587. The number of amides is 2. The number of aliphatic hydroxyl groups excluding tert-OH is 3. The van der Waals surface area contributed by atoms with Crippen molar-refractivity contribution in [1.82, 2.24) is 5.32 Å². The molecule has 0 radical (unpaired) electrons.